The number of fused-ring (bicyclic) bond motifs is 9. The van der Waals surface area contributed by atoms with Gasteiger partial charge in [-0.05, 0) is 54.1 Å². The molecule has 8 bridgehead atoms. The Labute approximate surface area is 342 Å². The van der Waals surface area contributed by atoms with Crippen LogP contribution in [0.15, 0.2) is 66.7 Å². The maximum absolute atomic E-state index is 16.5. The Bertz CT molecular complexity index is 3320. The van der Waals surface area contributed by atoms with Crippen LogP contribution in [0.1, 0.15) is 17.0 Å². The zero-order valence-corrected chi connectivity index (χ0v) is 31.0. The molecular formula is C44H19F14N5. The van der Waals surface area contributed by atoms with Gasteiger partial charge in [0.25, 0.3) is 0 Å². The molecule has 0 atom stereocenters. The van der Waals surface area contributed by atoms with E-state index in [-0.39, 0.29) is 17.6 Å². The van der Waals surface area contributed by atoms with E-state index in [4.69, 9.17) is 0 Å². The molecule has 0 aliphatic carbocycles. The third kappa shape index (κ3) is 6.36. The Morgan fingerprint density at radius 3 is 1.06 bits per heavy atom. The molecular weight excluding hydrogens is 864 g/mol. The smallest absolute Gasteiger partial charge is 0.200 e. The maximum Gasteiger partial charge on any atom is 0.200 e. The zero-order valence-electron chi connectivity index (χ0n) is 31.0. The highest BCUT2D eigenvalue weighted by Crippen LogP contribution is 2.43. The molecule has 1 aliphatic heterocycles. The molecule has 4 aromatic heterocycles. The molecule has 0 spiro atoms. The van der Waals surface area contributed by atoms with Crippen molar-refractivity contribution >= 4 is 50.9 Å². The first-order valence-electron chi connectivity index (χ1n) is 18.1. The lowest BCUT2D eigenvalue weighted by molar-refractivity contribution is 0.381. The van der Waals surface area contributed by atoms with E-state index >= 15 is 35.1 Å². The Hall–Kier alpha value is -7.57. The van der Waals surface area contributed by atoms with Gasteiger partial charge < -0.3 is 20.3 Å². The number of aromatic amines is 3. The van der Waals surface area contributed by atoms with Crippen molar-refractivity contribution in [3.63, 3.8) is 0 Å². The molecule has 63 heavy (non-hydrogen) atoms. The minimum atomic E-state index is -2.51. The van der Waals surface area contributed by atoms with Crippen LogP contribution < -0.4 is 5.32 Å². The minimum Gasteiger partial charge on any atom is -0.376 e. The molecule has 0 radical (unpaired) electrons. The summed E-state index contributed by atoms with van der Waals surface area (Å²) in [6.07, 6.45) is 1.81. The van der Waals surface area contributed by atoms with Crippen molar-refractivity contribution in [2.24, 2.45) is 0 Å². The number of nitrogens with one attached hydrogen (secondary N) is 4. The number of rotatable bonds is 6. The van der Waals surface area contributed by atoms with Gasteiger partial charge in [-0.1, -0.05) is 30.3 Å². The van der Waals surface area contributed by atoms with Crippen molar-refractivity contribution in [1.82, 2.24) is 19.9 Å². The van der Waals surface area contributed by atoms with Gasteiger partial charge in [-0.2, -0.15) is 0 Å². The zero-order chi connectivity index (χ0) is 44.8. The minimum absolute atomic E-state index is 0.0458. The van der Waals surface area contributed by atoms with Crippen LogP contribution in [0.25, 0.3) is 78.6 Å². The third-order valence-electron chi connectivity index (χ3n) is 10.3. The van der Waals surface area contributed by atoms with Gasteiger partial charge in [-0.3, -0.25) is 0 Å². The second-order valence-corrected chi connectivity index (χ2v) is 13.9. The highest BCUT2D eigenvalue weighted by molar-refractivity contribution is 6.00. The van der Waals surface area contributed by atoms with Gasteiger partial charge in [0.1, 0.15) is 5.69 Å². The van der Waals surface area contributed by atoms with Crippen LogP contribution >= 0.6 is 0 Å². The largest absolute Gasteiger partial charge is 0.376 e. The van der Waals surface area contributed by atoms with Gasteiger partial charge in [0, 0.05) is 45.3 Å². The topological polar surface area (TPSA) is 72.3 Å². The van der Waals surface area contributed by atoms with Crippen LogP contribution in [-0.4, -0.2) is 19.9 Å². The SMILES string of the molecule is Fc1c(F)c(F)c(-c2c3nc(c(-c4c(F)c(F)c(NCc5ccccc5)c(F)c4F)c4ccc([nH]4)c(-c4c(F)c(F)c(F)c(F)c4F)c4ccc([nH]4)c4ccc2[nH]4)C=C3)c(F)c1F. The van der Waals surface area contributed by atoms with Gasteiger partial charge in [0.15, 0.2) is 69.8 Å². The summed E-state index contributed by atoms with van der Waals surface area (Å²) in [7, 11) is 0. The van der Waals surface area contributed by atoms with E-state index in [0.29, 0.717) is 5.56 Å². The van der Waals surface area contributed by atoms with E-state index in [1.54, 1.807) is 18.2 Å². The third-order valence-corrected chi connectivity index (χ3v) is 10.3. The quantitative estimate of drug-likeness (QED) is 0.0763. The number of hydrogen-bond donors (Lipinski definition) is 4. The molecule has 0 amide bonds. The van der Waals surface area contributed by atoms with E-state index in [2.05, 4.69) is 25.3 Å². The average molecular weight is 884 g/mol. The monoisotopic (exact) mass is 883 g/mol. The fraction of sp³-hybridized carbons (Fsp3) is 0.0227. The standard InChI is InChI=1S/C44H19F14N5/c45-30-27(31(46)37(52)40(55)36(30)51)24-18-8-6-16(60-18)17-7-9-19(61-17)25(28-32(47)38(53)41(56)39(54)33(28)48)21-11-13-23(63-21)26(22-12-10-20(24)62-22)29-34(49)42(57)44(43(58)35(29)50)59-14-15-4-2-1-3-5-15/h1-13,59-62H,14H2. The van der Waals surface area contributed by atoms with Crippen molar-refractivity contribution in [1.29, 1.82) is 0 Å². The van der Waals surface area contributed by atoms with Crippen molar-refractivity contribution in [2.45, 2.75) is 6.54 Å². The van der Waals surface area contributed by atoms with Crippen LogP contribution in [0.2, 0.25) is 0 Å². The number of halogens is 14. The second-order valence-electron chi connectivity index (χ2n) is 13.9. The summed E-state index contributed by atoms with van der Waals surface area (Å²) < 4.78 is 215. The van der Waals surface area contributed by atoms with Gasteiger partial charge >= 0.3 is 0 Å². The lowest BCUT2D eigenvalue weighted by atomic mass is 10.0. The van der Waals surface area contributed by atoms with Crippen LogP contribution in [0.3, 0.4) is 0 Å². The van der Waals surface area contributed by atoms with Gasteiger partial charge in [-0.15, -0.1) is 0 Å². The normalized spacial score (nSPS) is 12.0. The number of H-pyrrole nitrogens is 3. The lowest BCUT2D eigenvalue weighted by Gasteiger charge is -2.15. The summed E-state index contributed by atoms with van der Waals surface area (Å²) >= 11 is 0. The van der Waals surface area contributed by atoms with E-state index in [1.165, 1.54) is 24.3 Å². The number of nitrogens with zero attached hydrogens (tertiary/aromatic N) is 1. The molecule has 4 N–H and O–H groups in total. The van der Waals surface area contributed by atoms with Crippen LogP contribution in [0, 0.1) is 81.4 Å². The molecule has 0 saturated carbocycles. The van der Waals surface area contributed by atoms with Crippen molar-refractivity contribution in [3.05, 3.63) is 165 Å². The fourth-order valence-electron chi connectivity index (χ4n) is 7.38. The summed E-state index contributed by atoms with van der Waals surface area (Å²) in [5.41, 5.74) is -11.3. The molecule has 1 aliphatic rings. The molecule has 8 aromatic rings. The van der Waals surface area contributed by atoms with Crippen LogP contribution in [-0.2, 0) is 6.54 Å². The lowest BCUT2D eigenvalue weighted by Crippen LogP contribution is -2.09. The highest BCUT2D eigenvalue weighted by atomic mass is 19.2. The summed E-state index contributed by atoms with van der Waals surface area (Å²) in [4.78, 5) is 12.2. The Balaban J connectivity index is 1.45. The van der Waals surface area contributed by atoms with E-state index < -0.39 is 154 Å². The molecule has 318 valence electrons. The Morgan fingerprint density at radius 1 is 0.333 bits per heavy atom. The summed E-state index contributed by atoms with van der Waals surface area (Å²) in [6.45, 7) is -0.329. The second kappa shape index (κ2) is 15.1. The van der Waals surface area contributed by atoms with Crippen LogP contribution in [0.5, 0.6) is 0 Å². The maximum atomic E-state index is 16.5. The first-order valence-corrected chi connectivity index (χ1v) is 18.1. The average Bonchev–Trinajstić information content (AvgIpc) is 4.13. The van der Waals surface area contributed by atoms with E-state index in [0.717, 1.165) is 36.4 Å². The van der Waals surface area contributed by atoms with Crippen molar-refractivity contribution in [2.75, 3.05) is 5.32 Å². The van der Waals surface area contributed by atoms with Gasteiger partial charge in [-0.25, -0.2) is 66.4 Å². The Morgan fingerprint density at radius 2 is 0.651 bits per heavy atom. The predicted octanol–water partition coefficient (Wildman–Crippen LogP) is 13.3. The first kappa shape index (κ1) is 40.8. The van der Waals surface area contributed by atoms with Gasteiger partial charge in [0.2, 0.25) is 11.6 Å². The summed E-state index contributed by atoms with van der Waals surface area (Å²) in [5, 5.41) is 2.29. The molecule has 19 heteroatoms. The number of anilines is 1. The van der Waals surface area contributed by atoms with Crippen molar-refractivity contribution in [3.8, 4) is 33.4 Å². The number of benzene rings is 4. The summed E-state index contributed by atoms with van der Waals surface area (Å²) in [6, 6.07) is 14.4. The molecule has 0 saturated heterocycles. The molecule has 0 unspecified atom stereocenters. The molecule has 4 aromatic carbocycles. The predicted molar refractivity (Wildman–Crippen MR) is 205 cm³/mol. The van der Waals surface area contributed by atoms with Gasteiger partial charge in [0.05, 0.1) is 39.1 Å². The summed E-state index contributed by atoms with van der Waals surface area (Å²) in [5.74, 6) is -31.8. The molecule has 5 heterocycles. The van der Waals surface area contributed by atoms with Crippen LogP contribution in [0.4, 0.5) is 67.2 Å². The molecule has 0 fully saturated rings. The van der Waals surface area contributed by atoms with Crippen molar-refractivity contribution < 1.29 is 61.5 Å². The fourth-order valence-corrected chi connectivity index (χ4v) is 7.38. The first-order chi connectivity index (χ1) is 30.1. The van der Waals surface area contributed by atoms with E-state index in [9.17, 15) is 26.3 Å². The number of hydrogen-bond acceptors (Lipinski definition) is 2. The van der Waals surface area contributed by atoms with E-state index in [1.807, 2.05) is 0 Å². The Kier molecular flexibility index (Phi) is 9.79. The number of aromatic nitrogens is 4. The highest BCUT2D eigenvalue weighted by Gasteiger charge is 2.33. The molecule has 9 rings (SSSR count). The molecule has 5 nitrogen and oxygen atoms in total.